The van der Waals surface area contributed by atoms with E-state index in [0.29, 0.717) is 11.1 Å². The molecule has 3 aromatic rings. The van der Waals surface area contributed by atoms with E-state index < -0.39 is 47.3 Å². The highest BCUT2D eigenvalue weighted by molar-refractivity contribution is 6.15. The summed E-state index contributed by atoms with van der Waals surface area (Å²) in [5.74, 6) is -3.58. The van der Waals surface area contributed by atoms with Crippen molar-refractivity contribution in [1.82, 2.24) is 0 Å². The molecular weight excluding hydrogens is 520 g/mol. The van der Waals surface area contributed by atoms with Gasteiger partial charge in [0.1, 0.15) is 11.2 Å². The van der Waals surface area contributed by atoms with Crippen LogP contribution in [0.25, 0.3) is 0 Å². The maximum atomic E-state index is 12.9. The largest absolute Gasteiger partial charge is 0.451 e. The molecule has 0 bridgehead atoms. The standard InChI is InChI=1S/C30H24O10/c1-29(2,39-23(31)15-5-11-19-21(13-15)27(35)37-25(19)33)17-7-9-18(10-8-17)30(3,4)40-24(32)16-6-12-20-22(14-16)28(36)38-26(20)34/h5-14,27,35H,1-4H3. The van der Waals surface area contributed by atoms with Crippen molar-refractivity contribution >= 4 is 29.8 Å². The van der Waals surface area contributed by atoms with Gasteiger partial charge in [-0.1, -0.05) is 24.3 Å². The maximum Gasteiger partial charge on any atom is 0.346 e. The van der Waals surface area contributed by atoms with Crippen LogP contribution < -0.4 is 0 Å². The van der Waals surface area contributed by atoms with Gasteiger partial charge in [-0.05, 0) is 75.2 Å². The van der Waals surface area contributed by atoms with Gasteiger partial charge in [0.05, 0.1) is 27.8 Å². The lowest BCUT2D eigenvalue weighted by atomic mass is 9.92. The molecule has 3 aromatic carbocycles. The Morgan fingerprint density at radius 1 is 0.675 bits per heavy atom. The van der Waals surface area contributed by atoms with E-state index in [4.69, 9.17) is 14.2 Å². The highest BCUT2D eigenvalue weighted by Crippen LogP contribution is 2.33. The highest BCUT2D eigenvalue weighted by Gasteiger charge is 2.34. The van der Waals surface area contributed by atoms with Crippen LogP contribution in [0.1, 0.15) is 102 Å². The zero-order chi connectivity index (χ0) is 29.0. The van der Waals surface area contributed by atoms with Crippen LogP contribution in [-0.4, -0.2) is 35.0 Å². The number of hydrogen-bond acceptors (Lipinski definition) is 10. The molecule has 0 amide bonds. The first-order chi connectivity index (χ1) is 18.8. The number of rotatable bonds is 6. The predicted octanol–water partition coefficient (Wildman–Crippen LogP) is 4.34. The highest BCUT2D eigenvalue weighted by atomic mass is 16.6. The Kier molecular flexibility index (Phi) is 6.30. The van der Waals surface area contributed by atoms with E-state index in [0.717, 1.165) is 0 Å². The number of carbonyl (C=O) groups excluding carboxylic acids is 5. The number of benzene rings is 3. The fraction of sp³-hybridized carbons (Fsp3) is 0.233. The van der Waals surface area contributed by atoms with Crippen molar-refractivity contribution in [1.29, 1.82) is 0 Å². The number of cyclic esters (lactones) is 3. The lowest BCUT2D eigenvalue weighted by Crippen LogP contribution is -2.27. The van der Waals surface area contributed by atoms with Gasteiger partial charge in [-0.2, -0.15) is 0 Å². The molecule has 5 rings (SSSR count). The average molecular weight is 545 g/mol. The second-order valence-electron chi connectivity index (χ2n) is 10.4. The first-order valence-corrected chi connectivity index (χ1v) is 12.3. The maximum absolute atomic E-state index is 12.9. The van der Waals surface area contributed by atoms with Gasteiger partial charge in [0, 0.05) is 5.56 Å². The molecule has 1 unspecified atom stereocenters. The molecule has 0 saturated carbocycles. The van der Waals surface area contributed by atoms with Gasteiger partial charge < -0.3 is 24.1 Å². The van der Waals surface area contributed by atoms with Crippen molar-refractivity contribution in [3.05, 3.63) is 105 Å². The van der Waals surface area contributed by atoms with Crippen LogP contribution >= 0.6 is 0 Å². The number of aliphatic hydroxyl groups is 1. The molecule has 2 heterocycles. The van der Waals surface area contributed by atoms with Crippen molar-refractivity contribution in [2.75, 3.05) is 0 Å². The van der Waals surface area contributed by atoms with Crippen LogP contribution in [0.3, 0.4) is 0 Å². The van der Waals surface area contributed by atoms with Crippen molar-refractivity contribution in [2.24, 2.45) is 0 Å². The summed E-state index contributed by atoms with van der Waals surface area (Å²) >= 11 is 0. The summed E-state index contributed by atoms with van der Waals surface area (Å²) in [5.41, 5.74) is -0.0754. The second kappa shape index (κ2) is 9.42. The van der Waals surface area contributed by atoms with Crippen molar-refractivity contribution < 1.29 is 48.0 Å². The molecule has 1 N–H and O–H groups in total. The molecule has 0 spiro atoms. The monoisotopic (exact) mass is 544 g/mol. The summed E-state index contributed by atoms with van der Waals surface area (Å²) < 4.78 is 20.8. The molecule has 2 aliphatic rings. The van der Waals surface area contributed by atoms with Crippen LogP contribution in [0.15, 0.2) is 60.7 Å². The molecular formula is C30H24O10. The van der Waals surface area contributed by atoms with Gasteiger partial charge >= 0.3 is 29.8 Å². The zero-order valence-corrected chi connectivity index (χ0v) is 22.0. The molecule has 40 heavy (non-hydrogen) atoms. The van der Waals surface area contributed by atoms with Crippen LogP contribution in [0, 0.1) is 0 Å². The van der Waals surface area contributed by atoms with E-state index in [2.05, 4.69) is 4.74 Å². The minimum Gasteiger partial charge on any atom is -0.451 e. The van der Waals surface area contributed by atoms with E-state index >= 15 is 0 Å². The predicted molar refractivity (Wildman–Crippen MR) is 136 cm³/mol. The van der Waals surface area contributed by atoms with Crippen LogP contribution in [0.2, 0.25) is 0 Å². The first-order valence-electron chi connectivity index (χ1n) is 12.3. The summed E-state index contributed by atoms with van der Waals surface area (Å²) in [4.78, 5) is 60.9. The van der Waals surface area contributed by atoms with E-state index in [1.54, 1.807) is 52.0 Å². The minimum atomic E-state index is -1.43. The Hall–Kier alpha value is -4.83. The van der Waals surface area contributed by atoms with Crippen molar-refractivity contribution in [3.63, 3.8) is 0 Å². The Bertz CT molecular complexity index is 1600. The number of aliphatic hydroxyl groups excluding tert-OH is 1. The smallest absolute Gasteiger partial charge is 0.346 e. The van der Waals surface area contributed by atoms with E-state index in [1.807, 2.05) is 0 Å². The third-order valence-corrected chi connectivity index (χ3v) is 6.84. The zero-order valence-electron chi connectivity index (χ0n) is 22.0. The number of ether oxygens (including phenoxy) is 4. The lowest BCUT2D eigenvalue weighted by molar-refractivity contribution is -0.0548. The fourth-order valence-electron chi connectivity index (χ4n) is 4.49. The normalized spacial score (nSPS) is 16.1. The van der Waals surface area contributed by atoms with Gasteiger partial charge in [0.25, 0.3) is 0 Å². The average Bonchev–Trinajstić information content (AvgIpc) is 3.36. The Morgan fingerprint density at radius 3 is 1.70 bits per heavy atom. The molecule has 2 aliphatic heterocycles. The van der Waals surface area contributed by atoms with Crippen LogP contribution in [-0.2, 0) is 30.1 Å². The topological polar surface area (TPSA) is 143 Å². The first kappa shape index (κ1) is 26.8. The summed E-state index contributed by atoms with van der Waals surface area (Å²) in [6.07, 6.45) is -1.43. The van der Waals surface area contributed by atoms with Crippen LogP contribution in [0.4, 0.5) is 0 Å². The fourth-order valence-corrected chi connectivity index (χ4v) is 4.49. The summed E-state index contributed by atoms with van der Waals surface area (Å²) in [7, 11) is 0. The Balaban J connectivity index is 1.28. The number of hydrogen-bond donors (Lipinski definition) is 1. The second-order valence-corrected chi connectivity index (χ2v) is 10.4. The molecule has 10 nitrogen and oxygen atoms in total. The number of esters is 5. The quantitative estimate of drug-likeness (QED) is 0.270. The lowest BCUT2D eigenvalue weighted by Gasteiger charge is -2.29. The van der Waals surface area contributed by atoms with E-state index in [-0.39, 0.29) is 33.4 Å². The minimum absolute atomic E-state index is 0.0104. The van der Waals surface area contributed by atoms with Gasteiger partial charge in [-0.3, -0.25) is 0 Å². The molecule has 0 aliphatic carbocycles. The van der Waals surface area contributed by atoms with Gasteiger partial charge in [-0.15, -0.1) is 0 Å². The van der Waals surface area contributed by atoms with Gasteiger partial charge in [-0.25, -0.2) is 24.0 Å². The molecule has 204 valence electrons. The Morgan fingerprint density at radius 2 is 1.15 bits per heavy atom. The van der Waals surface area contributed by atoms with E-state index in [1.165, 1.54) is 36.4 Å². The molecule has 10 heteroatoms. The van der Waals surface area contributed by atoms with Crippen molar-refractivity contribution in [3.8, 4) is 0 Å². The third-order valence-electron chi connectivity index (χ3n) is 6.84. The molecule has 1 atom stereocenters. The number of fused-ring (bicyclic) bond motifs is 2. The van der Waals surface area contributed by atoms with Crippen molar-refractivity contribution in [2.45, 2.75) is 45.2 Å². The number of carbonyl (C=O) groups is 5. The van der Waals surface area contributed by atoms with Gasteiger partial charge in [0.2, 0.25) is 6.29 Å². The molecule has 0 saturated heterocycles. The Labute approximate surface area is 228 Å². The van der Waals surface area contributed by atoms with E-state index in [9.17, 15) is 29.1 Å². The third kappa shape index (κ3) is 4.73. The SMILES string of the molecule is CC(C)(OC(=O)c1ccc2c(c1)C(=O)OC2=O)c1ccc(C(C)(C)OC(=O)c2ccc3c(c2)C(O)OC3=O)cc1. The van der Waals surface area contributed by atoms with Crippen LogP contribution in [0.5, 0.6) is 0 Å². The summed E-state index contributed by atoms with van der Waals surface area (Å²) in [5, 5.41) is 9.88. The molecule has 0 aromatic heterocycles. The summed E-state index contributed by atoms with van der Waals surface area (Å²) in [6.45, 7) is 6.83. The van der Waals surface area contributed by atoms with Gasteiger partial charge in [0.15, 0.2) is 0 Å². The molecule has 0 fully saturated rings. The summed E-state index contributed by atoms with van der Waals surface area (Å²) in [6, 6.07) is 15.2. The molecule has 0 radical (unpaired) electrons.